The van der Waals surface area contributed by atoms with E-state index in [9.17, 15) is 0 Å². The fourth-order valence-electron chi connectivity index (χ4n) is 1.57. The zero-order valence-electron chi connectivity index (χ0n) is 9.03. The first-order valence-electron chi connectivity index (χ1n) is 5.15. The molecule has 0 unspecified atom stereocenters. The van der Waals surface area contributed by atoms with Crippen molar-refractivity contribution in [3.63, 3.8) is 0 Å². The van der Waals surface area contributed by atoms with Gasteiger partial charge >= 0.3 is 0 Å². The van der Waals surface area contributed by atoms with E-state index >= 15 is 0 Å². The maximum absolute atomic E-state index is 5.04. The van der Waals surface area contributed by atoms with Crippen LogP contribution in [-0.2, 0) is 6.42 Å². The van der Waals surface area contributed by atoms with Crippen LogP contribution in [-0.4, -0.2) is 18.7 Å². The fourth-order valence-corrected chi connectivity index (χ4v) is 1.97. The molecule has 4 heteroatoms. The van der Waals surface area contributed by atoms with Gasteiger partial charge in [0.05, 0.1) is 5.69 Å². The highest BCUT2D eigenvalue weighted by Crippen LogP contribution is 2.25. The Bertz CT molecular complexity index is 468. The van der Waals surface area contributed by atoms with Crippen LogP contribution in [0.25, 0.3) is 11.1 Å². The summed E-state index contributed by atoms with van der Waals surface area (Å²) in [5.41, 5.74) is 3.19. The minimum Gasteiger partial charge on any atom is -0.364 e. The Morgan fingerprint density at radius 1 is 1.44 bits per heavy atom. The van der Waals surface area contributed by atoms with Crippen LogP contribution in [0.15, 0.2) is 39.5 Å². The average molecular weight is 281 g/mol. The summed E-state index contributed by atoms with van der Waals surface area (Å²) in [6.45, 7) is 0.896. The van der Waals surface area contributed by atoms with Gasteiger partial charge in [-0.1, -0.05) is 33.2 Å². The van der Waals surface area contributed by atoms with Gasteiger partial charge in [0.1, 0.15) is 6.26 Å². The van der Waals surface area contributed by atoms with Gasteiger partial charge in [-0.05, 0) is 24.7 Å². The molecule has 2 aromatic rings. The van der Waals surface area contributed by atoms with Crippen LogP contribution in [0.3, 0.4) is 0 Å². The summed E-state index contributed by atoms with van der Waals surface area (Å²) in [7, 11) is 1.93. The first-order chi connectivity index (χ1) is 7.81. The molecule has 0 atom stereocenters. The summed E-state index contributed by atoms with van der Waals surface area (Å²) in [4.78, 5) is 0. The van der Waals surface area contributed by atoms with E-state index in [4.69, 9.17) is 4.52 Å². The lowest BCUT2D eigenvalue weighted by molar-refractivity contribution is 0.411. The molecule has 0 spiro atoms. The average Bonchev–Trinajstić information content (AvgIpc) is 2.74. The van der Waals surface area contributed by atoms with Gasteiger partial charge in [0.15, 0.2) is 0 Å². The molecule has 0 bridgehead atoms. The Labute approximate surface area is 103 Å². The molecule has 0 radical (unpaired) electrons. The molecule has 1 N–H and O–H groups in total. The van der Waals surface area contributed by atoms with Crippen LogP contribution in [0.4, 0.5) is 0 Å². The smallest absolute Gasteiger partial charge is 0.131 e. The molecule has 1 aromatic carbocycles. The van der Waals surface area contributed by atoms with E-state index in [2.05, 4.69) is 38.5 Å². The number of rotatable bonds is 4. The lowest BCUT2D eigenvalue weighted by Crippen LogP contribution is -2.10. The molecule has 0 aliphatic heterocycles. The highest BCUT2D eigenvalue weighted by atomic mass is 79.9. The van der Waals surface area contributed by atoms with Gasteiger partial charge in [-0.25, -0.2) is 0 Å². The van der Waals surface area contributed by atoms with Crippen molar-refractivity contribution in [3.8, 4) is 11.1 Å². The molecule has 0 aliphatic carbocycles. The summed E-state index contributed by atoms with van der Waals surface area (Å²) in [6.07, 6.45) is 2.57. The highest BCUT2D eigenvalue weighted by molar-refractivity contribution is 9.10. The van der Waals surface area contributed by atoms with Gasteiger partial charge < -0.3 is 9.84 Å². The van der Waals surface area contributed by atoms with Crippen LogP contribution < -0.4 is 5.32 Å². The van der Waals surface area contributed by atoms with Gasteiger partial charge in [-0.15, -0.1) is 0 Å². The second kappa shape index (κ2) is 5.27. The third kappa shape index (κ3) is 2.51. The molecule has 0 saturated heterocycles. The molecule has 84 valence electrons. The van der Waals surface area contributed by atoms with Gasteiger partial charge in [0.25, 0.3) is 0 Å². The van der Waals surface area contributed by atoms with Crippen molar-refractivity contribution < 1.29 is 4.52 Å². The van der Waals surface area contributed by atoms with E-state index in [0.29, 0.717) is 0 Å². The van der Waals surface area contributed by atoms with Gasteiger partial charge in [-0.2, -0.15) is 0 Å². The van der Waals surface area contributed by atoms with Gasteiger partial charge in [0, 0.05) is 23.0 Å². The molecule has 2 rings (SSSR count). The number of hydrogen-bond acceptors (Lipinski definition) is 3. The Kier molecular flexibility index (Phi) is 3.74. The monoisotopic (exact) mass is 280 g/mol. The number of benzene rings is 1. The summed E-state index contributed by atoms with van der Waals surface area (Å²) in [6, 6.07) is 8.13. The van der Waals surface area contributed by atoms with E-state index in [1.54, 1.807) is 6.26 Å². The normalized spacial score (nSPS) is 10.6. The van der Waals surface area contributed by atoms with Crippen molar-refractivity contribution in [2.75, 3.05) is 13.6 Å². The van der Waals surface area contributed by atoms with Crippen LogP contribution in [0.5, 0.6) is 0 Å². The Balaban J connectivity index is 2.29. The molecule has 0 amide bonds. The van der Waals surface area contributed by atoms with Crippen molar-refractivity contribution in [2.45, 2.75) is 6.42 Å². The predicted molar refractivity (Wildman–Crippen MR) is 67.3 cm³/mol. The standard InChI is InChI=1S/C12H13BrN2O/c1-14-6-5-12-11(8-16-15-12)9-3-2-4-10(13)7-9/h2-4,7-8,14H,5-6H2,1H3. The number of nitrogens with one attached hydrogen (secondary N) is 1. The van der Waals surface area contributed by atoms with Crippen molar-refractivity contribution in [2.24, 2.45) is 0 Å². The fraction of sp³-hybridized carbons (Fsp3) is 0.250. The van der Waals surface area contributed by atoms with E-state index in [1.807, 2.05) is 19.2 Å². The minimum atomic E-state index is 0.870. The highest BCUT2D eigenvalue weighted by Gasteiger charge is 2.09. The molecule has 1 aromatic heterocycles. The van der Waals surface area contributed by atoms with E-state index in [0.717, 1.165) is 34.3 Å². The molecule has 16 heavy (non-hydrogen) atoms. The summed E-state index contributed by atoms with van der Waals surface area (Å²) in [5, 5.41) is 7.13. The van der Waals surface area contributed by atoms with Crippen molar-refractivity contribution in [3.05, 3.63) is 40.7 Å². The molecule has 0 saturated carbocycles. The number of hydrogen-bond donors (Lipinski definition) is 1. The topological polar surface area (TPSA) is 38.1 Å². The zero-order valence-corrected chi connectivity index (χ0v) is 10.6. The van der Waals surface area contributed by atoms with E-state index < -0.39 is 0 Å². The summed E-state index contributed by atoms with van der Waals surface area (Å²) >= 11 is 3.46. The van der Waals surface area contributed by atoms with Crippen LogP contribution >= 0.6 is 15.9 Å². The third-order valence-electron chi connectivity index (χ3n) is 2.39. The lowest BCUT2D eigenvalue weighted by Gasteiger charge is -2.01. The first kappa shape index (κ1) is 11.4. The van der Waals surface area contributed by atoms with Crippen LogP contribution in [0.2, 0.25) is 0 Å². The lowest BCUT2D eigenvalue weighted by atomic mass is 10.1. The van der Waals surface area contributed by atoms with Crippen LogP contribution in [0, 0.1) is 0 Å². The van der Waals surface area contributed by atoms with E-state index in [1.165, 1.54) is 0 Å². The van der Waals surface area contributed by atoms with E-state index in [-0.39, 0.29) is 0 Å². The number of nitrogens with zero attached hydrogens (tertiary/aromatic N) is 1. The quantitative estimate of drug-likeness (QED) is 0.936. The Hall–Kier alpha value is -1.13. The summed E-state index contributed by atoms with van der Waals surface area (Å²) < 4.78 is 6.10. The SMILES string of the molecule is CNCCc1nocc1-c1cccc(Br)c1. The molecule has 0 aliphatic rings. The first-order valence-corrected chi connectivity index (χ1v) is 5.94. The molecular weight excluding hydrogens is 268 g/mol. The largest absolute Gasteiger partial charge is 0.364 e. The number of halogens is 1. The number of likely N-dealkylation sites (N-methyl/N-ethyl adjacent to an activating group) is 1. The zero-order chi connectivity index (χ0) is 11.4. The van der Waals surface area contributed by atoms with Crippen molar-refractivity contribution in [1.29, 1.82) is 0 Å². The van der Waals surface area contributed by atoms with Gasteiger partial charge in [0.2, 0.25) is 0 Å². The van der Waals surface area contributed by atoms with Crippen molar-refractivity contribution in [1.82, 2.24) is 10.5 Å². The predicted octanol–water partition coefficient (Wildman–Crippen LogP) is 2.87. The molecule has 3 nitrogen and oxygen atoms in total. The summed E-state index contributed by atoms with van der Waals surface area (Å²) in [5.74, 6) is 0. The Morgan fingerprint density at radius 2 is 2.31 bits per heavy atom. The Morgan fingerprint density at radius 3 is 3.06 bits per heavy atom. The van der Waals surface area contributed by atoms with Crippen molar-refractivity contribution >= 4 is 15.9 Å². The molecule has 1 heterocycles. The maximum Gasteiger partial charge on any atom is 0.131 e. The second-order valence-corrected chi connectivity index (χ2v) is 4.45. The number of aromatic nitrogens is 1. The molecule has 0 fully saturated rings. The van der Waals surface area contributed by atoms with Gasteiger partial charge in [-0.3, -0.25) is 0 Å². The van der Waals surface area contributed by atoms with Crippen LogP contribution in [0.1, 0.15) is 5.69 Å². The maximum atomic E-state index is 5.04. The minimum absolute atomic E-state index is 0.870. The third-order valence-corrected chi connectivity index (χ3v) is 2.89. The molecular formula is C12H13BrN2O. The second-order valence-electron chi connectivity index (χ2n) is 3.54.